The van der Waals surface area contributed by atoms with E-state index in [1.165, 1.54) is 12.8 Å². The second-order valence-electron chi connectivity index (χ2n) is 5.84. The first-order valence-electron chi connectivity index (χ1n) is 7.56. The molecule has 0 aliphatic rings. The van der Waals surface area contributed by atoms with E-state index in [2.05, 4.69) is 6.92 Å². The summed E-state index contributed by atoms with van der Waals surface area (Å²) in [5.41, 5.74) is 0. The predicted molar refractivity (Wildman–Crippen MR) is 82.6 cm³/mol. The number of carbonyl (C=O) groups is 1. The number of hydrogen-bond acceptors (Lipinski definition) is 3. The largest absolute Gasteiger partial charge is 0.545 e. The number of halogens is 1. The molecule has 0 N–H and O–H groups in total. The summed E-state index contributed by atoms with van der Waals surface area (Å²) in [6, 6.07) is 0. The second kappa shape index (κ2) is 9.97. The molecule has 0 unspecified atom stereocenters. The van der Waals surface area contributed by atoms with Gasteiger partial charge in [0.15, 0.2) is 0 Å². The molecule has 5 heteroatoms. The minimum Gasteiger partial charge on any atom is -0.545 e. The molecule has 0 aromatic carbocycles. The quantitative estimate of drug-likeness (QED) is 0.188. The van der Waals surface area contributed by atoms with Crippen LogP contribution in [0.1, 0.15) is 52.4 Å². The van der Waals surface area contributed by atoms with E-state index in [1.54, 1.807) is 6.92 Å². The van der Waals surface area contributed by atoms with Crippen LogP contribution < -0.4 is 0 Å². The Balaban J connectivity index is 4.63. The summed E-state index contributed by atoms with van der Waals surface area (Å²) >= 11 is 0. The highest BCUT2D eigenvalue weighted by molar-refractivity contribution is 6.70. The first kappa shape index (κ1) is 19.2. The van der Waals surface area contributed by atoms with Crippen molar-refractivity contribution in [2.75, 3.05) is 6.61 Å². The molecule has 0 aliphatic carbocycles. The zero-order chi connectivity index (χ0) is 15.6. The zero-order valence-corrected chi connectivity index (χ0v) is 14.6. The lowest BCUT2D eigenvalue weighted by atomic mass is 10.1. The summed E-state index contributed by atoms with van der Waals surface area (Å²) in [6.45, 7) is 9.91. The van der Waals surface area contributed by atoms with Crippen LogP contribution in [0.5, 0.6) is 0 Å². The van der Waals surface area contributed by atoms with Gasteiger partial charge in [0.2, 0.25) is 14.1 Å². The number of unbranched alkanes of at least 4 members (excludes halogenated alkanes) is 4. The molecular weight excluding hydrogens is 275 g/mol. The number of hydrogen-bond donors (Lipinski definition) is 0. The standard InChI is InChI=1S/C15H29FO3Si/c1-6-8-9-10-11-12-13(19-20(3,4)5)14(16)15(17)18-7-2/h6-12H2,1-5H3/b14-13+. The first-order valence-corrected chi connectivity index (χ1v) is 11.0. The van der Waals surface area contributed by atoms with Crippen LogP contribution in [0.15, 0.2) is 11.6 Å². The van der Waals surface area contributed by atoms with Gasteiger partial charge in [0.1, 0.15) is 5.76 Å². The summed E-state index contributed by atoms with van der Waals surface area (Å²) < 4.78 is 24.5. The van der Waals surface area contributed by atoms with Gasteiger partial charge in [-0.3, -0.25) is 0 Å². The molecule has 0 saturated carbocycles. The highest BCUT2D eigenvalue weighted by Crippen LogP contribution is 2.22. The van der Waals surface area contributed by atoms with Gasteiger partial charge in [-0.2, -0.15) is 4.39 Å². The smallest absolute Gasteiger partial charge is 0.370 e. The number of esters is 1. The number of rotatable bonds is 10. The van der Waals surface area contributed by atoms with Crippen molar-refractivity contribution in [3.63, 3.8) is 0 Å². The monoisotopic (exact) mass is 304 g/mol. The van der Waals surface area contributed by atoms with Crippen molar-refractivity contribution in [2.45, 2.75) is 72.0 Å². The zero-order valence-electron chi connectivity index (χ0n) is 13.6. The van der Waals surface area contributed by atoms with E-state index < -0.39 is 20.1 Å². The van der Waals surface area contributed by atoms with Crippen LogP contribution in [0.4, 0.5) is 4.39 Å². The molecule has 0 aromatic rings. The topological polar surface area (TPSA) is 35.5 Å². The first-order chi connectivity index (χ1) is 9.31. The minimum atomic E-state index is -1.93. The maximum atomic E-state index is 14.1. The molecule has 0 radical (unpaired) electrons. The van der Waals surface area contributed by atoms with Gasteiger partial charge in [0.05, 0.1) is 6.61 Å². The summed E-state index contributed by atoms with van der Waals surface area (Å²) in [6.07, 6.45) is 5.84. The maximum absolute atomic E-state index is 14.1. The molecule has 0 bridgehead atoms. The molecule has 0 heterocycles. The number of allylic oxidation sites excluding steroid dienone is 1. The Morgan fingerprint density at radius 1 is 1.05 bits per heavy atom. The van der Waals surface area contributed by atoms with Crippen LogP contribution in [0.3, 0.4) is 0 Å². The third-order valence-corrected chi connectivity index (χ3v) is 3.50. The molecule has 20 heavy (non-hydrogen) atoms. The molecule has 0 saturated heterocycles. The van der Waals surface area contributed by atoms with Crippen molar-refractivity contribution in [3.05, 3.63) is 11.6 Å². The highest BCUT2D eigenvalue weighted by Gasteiger charge is 2.24. The van der Waals surface area contributed by atoms with Crippen LogP contribution in [0.2, 0.25) is 19.6 Å². The van der Waals surface area contributed by atoms with Gasteiger partial charge >= 0.3 is 5.97 Å². The van der Waals surface area contributed by atoms with Crippen molar-refractivity contribution in [3.8, 4) is 0 Å². The molecule has 0 aromatic heterocycles. The fraction of sp³-hybridized carbons (Fsp3) is 0.800. The Morgan fingerprint density at radius 2 is 1.65 bits per heavy atom. The van der Waals surface area contributed by atoms with E-state index in [0.717, 1.165) is 19.3 Å². The van der Waals surface area contributed by atoms with E-state index in [1.807, 2.05) is 19.6 Å². The van der Waals surface area contributed by atoms with Gasteiger partial charge in [0.25, 0.3) is 0 Å². The number of carbonyl (C=O) groups excluding carboxylic acids is 1. The summed E-state index contributed by atoms with van der Waals surface area (Å²) in [4.78, 5) is 11.5. The third-order valence-electron chi connectivity index (χ3n) is 2.64. The molecule has 0 rings (SSSR count). The molecule has 0 fully saturated rings. The Bertz CT molecular complexity index is 322. The normalized spacial score (nSPS) is 12.9. The van der Waals surface area contributed by atoms with Crippen LogP contribution in [0.25, 0.3) is 0 Å². The van der Waals surface area contributed by atoms with Crippen molar-refractivity contribution in [1.82, 2.24) is 0 Å². The van der Waals surface area contributed by atoms with Crippen molar-refractivity contribution >= 4 is 14.3 Å². The average Bonchev–Trinajstić information content (AvgIpc) is 2.35. The van der Waals surface area contributed by atoms with Gasteiger partial charge < -0.3 is 9.16 Å². The lowest BCUT2D eigenvalue weighted by Gasteiger charge is -2.22. The molecule has 0 atom stereocenters. The summed E-state index contributed by atoms with van der Waals surface area (Å²) in [5, 5.41) is 0. The van der Waals surface area contributed by atoms with E-state index in [-0.39, 0.29) is 12.4 Å². The van der Waals surface area contributed by atoms with Crippen LogP contribution >= 0.6 is 0 Å². The number of ether oxygens (including phenoxy) is 1. The maximum Gasteiger partial charge on any atom is 0.370 e. The fourth-order valence-corrected chi connectivity index (χ4v) is 2.70. The summed E-state index contributed by atoms with van der Waals surface area (Å²) in [7, 11) is -1.93. The van der Waals surface area contributed by atoms with Gasteiger partial charge in [0, 0.05) is 6.42 Å². The van der Waals surface area contributed by atoms with Crippen LogP contribution in [-0.4, -0.2) is 20.9 Å². The van der Waals surface area contributed by atoms with Crippen LogP contribution in [0, 0.1) is 0 Å². The Kier molecular flexibility index (Phi) is 9.55. The summed E-state index contributed by atoms with van der Waals surface area (Å²) in [5.74, 6) is -1.59. The highest BCUT2D eigenvalue weighted by atomic mass is 28.4. The minimum absolute atomic E-state index is 0.170. The predicted octanol–water partition coefficient (Wildman–Crippen LogP) is 4.94. The van der Waals surface area contributed by atoms with E-state index in [9.17, 15) is 9.18 Å². The third kappa shape index (κ3) is 9.12. The Morgan fingerprint density at radius 3 is 2.15 bits per heavy atom. The molecule has 0 aliphatic heterocycles. The van der Waals surface area contributed by atoms with Crippen LogP contribution in [-0.2, 0) is 14.0 Å². The fourth-order valence-electron chi connectivity index (χ4n) is 1.77. The van der Waals surface area contributed by atoms with Gasteiger partial charge in [-0.05, 0) is 33.0 Å². The van der Waals surface area contributed by atoms with E-state index in [0.29, 0.717) is 6.42 Å². The van der Waals surface area contributed by atoms with Crippen molar-refractivity contribution in [1.29, 1.82) is 0 Å². The lowest BCUT2D eigenvalue weighted by molar-refractivity contribution is -0.140. The van der Waals surface area contributed by atoms with E-state index in [4.69, 9.17) is 9.16 Å². The SMILES string of the molecule is CCCCCCC/C(O[Si](C)(C)C)=C(\F)C(=O)OCC. The molecule has 0 amide bonds. The lowest BCUT2D eigenvalue weighted by Crippen LogP contribution is -2.26. The molecule has 118 valence electrons. The van der Waals surface area contributed by atoms with Crippen molar-refractivity contribution < 1.29 is 18.3 Å². The molecule has 3 nitrogen and oxygen atoms in total. The van der Waals surface area contributed by atoms with Gasteiger partial charge in [-0.15, -0.1) is 0 Å². The second-order valence-corrected chi connectivity index (χ2v) is 10.3. The Hall–Kier alpha value is -0.843. The van der Waals surface area contributed by atoms with Crippen molar-refractivity contribution in [2.24, 2.45) is 0 Å². The van der Waals surface area contributed by atoms with Gasteiger partial charge in [-0.1, -0.05) is 32.6 Å². The Labute approximate surface area is 123 Å². The van der Waals surface area contributed by atoms with E-state index >= 15 is 0 Å². The van der Waals surface area contributed by atoms with Gasteiger partial charge in [-0.25, -0.2) is 4.79 Å². The average molecular weight is 304 g/mol. The molecule has 0 spiro atoms. The molecular formula is C15H29FO3Si.